The Hall–Kier alpha value is -1.65. The zero-order chi connectivity index (χ0) is 19.1. The highest BCUT2D eigenvalue weighted by atomic mass is 32.2. The van der Waals surface area contributed by atoms with Crippen LogP contribution in [0, 0.1) is 5.92 Å². The maximum absolute atomic E-state index is 12.8. The van der Waals surface area contributed by atoms with Crippen LogP contribution >= 0.6 is 0 Å². The van der Waals surface area contributed by atoms with Crippen molar-refractivity contribution in [2.45, 2.75) is 68.2 Å². The number of benzene rings is 2. The highest BCUT2D eigenvalue weighted by molar-refractivity contribution is 7.89. The number of hydrogen-bond acceptors (Lipinski definition) is 2. The number of hydrogen-bond donors (Lipinski definition) is 1. The van der Waals surface area contributed by atoms with Gasteiger partial charge in [0.25, 0.3) is 0 Å². The van der Waals surface area contributed by atoms with Crippen LogP contribution in [0.1, 0.15) is 63.0 Å². The normalized spacial score (nSPS) is 30.8. The lowest BCUT2D eigenvalue weighted by Gasteiger charge is -2.26. The minimum Gasteiger partial charge on any atom is -0.207 e. The highest BCUT2D eigenvalue weighted by Gasteiger charge is 2.53. The van der Waals surface area contributed by atoms with E-state index in [1.165, 1.54) is 36.8 Å². The van der Waals surface area contributed by atoms with Gasteiger partial charge in [0.1, 0.15) is 0 Å². The molecule has 0 amide bonds. The molecule has 0 heterocycles. The Kier molecular flexibility index (Phi) is 4.89. The fourth-order valence-electron chi connectivity index (χ4n) is 4.44. The van der Waals surface area contributed by atoms with Gasteiger partial charge in [-0.15, -0.1) is 0 Å². The molecule has 2 fully saturated rings. The van der Waals surface area contributed by atoms with E-state index < -0.39 is 10.0 Å². The summed E-state index contributed by atoms with van der Waals surface area (Å²) in [5, 5.41) is 0. The van der Waals surface area contributed by atoms with E-state index in [0.29, 0.717) is 10.8 Å². The second-order valence-electron chi connectivity index (χ2n) is 8.69. The first-order valence-electron chi connectivity index (χ1n) is 10.1. The molecule has 0 bridgehead atoms. The summed E-state index contributed by atoms with van der Waals surface area (Å²) in [6, 6.07) is 17.7. The van der Waals surface area contributed by atoms with E-state index in [-0.39, 0.29) is 11.5 Å². The lowest BCUT2D eigenvalue weighted by Crippen LogP contribution is -2.30. The van der Waals surface area contributed by atoms with Crippen molar-refractivity contribution in [3.05, 3.63) is 65.7 Å². The van der Waals surface area contributed by atoms with Crippen molar-refractivity contribution in [3.63, 3.8) is 0 Å². The summed E-state index contributed by atoms with van der Waals surface area (Å²) in [7, 11) is -3.48. The van der Waals surface area contributed by atoms with Crippen LogP contribution in [-0.4, -0.2) is 14.5 Å². The summed E-state index contributed by atoms with van der Waals surface area (Å²) >= 11 is 0. The zero-order valence-corrected chi connectivity index (χ0v) is 17.0. The molecule has 1 N–H and O–H groups in total. The minimum absolute atomic E-state index is 0.0376. The Morgan fingerprint density at radius 3 is 2.19 bits per heavy atom. The van der Waals surface area contributed by atoms with Crippen molar-refractivity contribution in [1.29, 1.82) is 0 Å². The van der Waals surface area contributed by atoms with Crippen LogP contribution in [0.25, 0.3) is 0 Å². The molecule has 0 aliphatic heterocycles. The first-order valence-corrected chi connectivity index (χ1v) is 11.5. The van der Waals surface area contributed by atoms with E-state index in [0.717, 1.165) is 12.3 Å². The smallest absolute Gasteiger partial charge is 0.207 e. The predicted molar refractivity (Wildman–Crippen MR) is 109 cm³/mol. The van der Waals surface area contributed by atoms with Crippen LogP contribution < -0.4 is 4.72 Å². The van der Waals surface area contributed by atoms with E-state index in [1.54, 1.807) is 12.1 Å². The summed E-state index contributed by atoms with van der Waals surface area (Å²) in [6.07, 6.45) is 5.80. The molecule has 27 heavy (non-hydrogen) atoms. The largest absolute Gasteiger partial charge is 0.240 e. The highest BCUT2D eigenvalue weighted by Crippen LogP contribution is 2.48. The SMILES string of the molecule is CC1CCC(c2ccc(S(=O)(=O)N[C@H]3C[C@]3(C)c3ccccc3)cc2)CC1. The Morgan fingerprint density at radius 2 is 1.56 bits per heavy atom. The molecule has 0 spiro atoms. The van der Waals surface area contributed by atoms with Gasteiger partial charge in [0.05, 0.1) is 4.90 Å². The van der Waals surface area contributed by atoms with Gasteiger partial charge >= 0.3 is 0 Å². The van der Waals surface area contributed by atoms with Gasteiger partial charge in [-0.05, 0) is 54.4 Å². The molecule has 2 atom stereocenters. The average Bonchev–Trinajstić information content (AvgIpc) is 3.33. The first kappa shape index (κ1) is 18.7. The average molecular weight is 384 g/mol. The fourth-order valence-corrected chi connectivity index (χ4v) is 5.79. The van der Waals surface area contributed by atoms with Crippen LogP contribution in [-0.2, 0) is 15.4 Å². The Bertz CT molecular complexity index is 884. The lowest BCUT2D eigenvalue weighted by molar-refractivity contribution is 0.348. The van der Waals surface area contributed by atoms with E-state index >= 15 is 0 Å². The van der Waals surface area contributed by atoms with Crippen LogP contribution in [0.2, 0.25) is 0 Å². The van der Waals surface area contributed by atoms with Gasteiger partial charge in [-0.3, -0.25) is 0 Å². The zero-order valence-electron chi connectivity index (χ0n) is 16.2. The summed E-state index contributed by atoms with van der Waals surface area (Å²) < 4.78 is 28.6. The first-order chi connectivity index (χ1) is 12.9. The summed E-state index contributed by atoms with van der Waals surface area (Å²) in [5.41, 5.74) is 2.37. The second kappa shape index (κ2) is 7.06. The van der Waals surface area contributed by atoms with Crippen molar-refractivity contribution in [2.24, 2.45) is 5.92 Å². The van der Waals surface area contributed by atoms with E-state index in [9.17, 15) is 8.42 Å². The third-order valence-corrected chi connectivity index (χ3v) is 8.13. The van der Waals surface area contributed by atoms with Gasteiger partial charge in [0.15, 0.2) is 0 Å². The van der Waals surface area contributed by atoms with Crippen molar-refractivity contribution < 1.29 is 8.42 Å². The van der Waals surface area contributed by atoms with Gasteiger partial charge in [-0.2, -0.15) is 0 Å². The van der Waals surface area contributed by atoms with E-state index in [4.69, 9.17) is 0 Å². The molecule has 0 aromatic heterocycles. The summed E-state index contributed by atoms with van der Waals surface area (Å²) in [6.45, 7) is 4.45. The third-order valence-electron chi connectivity index (χ3n) is 6.65. The Morgan fingerprint density at radius 1 is 0.926 bits per heavy atom. The molecule has 0 saturated heterocycles. The fraction of sp³-hybridized carbons (Fsp3) is 0.478. The monoisotopic (exact) mass is 383 g/mol. The molecule has 2 aliphatic carbocycles. The van der Waals surface area contributed by atoms with Crippen LogP contribution in [0.5, 0.6) is 0 Å². The lowest BCUT2D eigenvalue weighted by atomic mass is 9.79. The quantitative estimate of drug-likeness (QED) is 0.791. The molecule has 0 unspecified atom stereocenters. The molecule has 2 saturated carbocycles. The van der Waals surface area contributed by atoms with Gasteiger partial charge in [0.2, 0.25) is 10.0 Å². The topological polar surface area (TPSA) is 46.2 Å². The minimum atomic E-state index is -3.48. The van der Waals surface area contributed by atoms with E-state index in [1.807, 2.05) is 30.3 Å². The van der Waals surface area contributed by atoms with Gasteiger partial charge in [-0.1, -0.05) is 69.2 Å². The van der Waals surface area contributed by atoms with Crippen LogP contribution in [0.4, 0.5) is 0 Å². The molecule has 144 valence electrons. The molecule has 3 nitrogen and oxygen atoms in total. The molecule has 2 aromatic carbocycles. The molecule has 4 rings (SSSR count). The van der Waals surface area contributed by atoms with Gasteiger partial charge in [-0.25, -0.2) is 13.1 Å². The van der Waals surface area contributed by atoms with E-state index in [2.05, 4.69) is 30.7 Å². The van der Waals surface area contributed by atoms with Crippen LogP contribution in [0.15, 0.2) is 59.5 Å². The number of rotatable bonds is 5. The molecular formula is C23H29NO2S. The Labute approximate surface area is 163 Å². The van der Waals surface area contributed by atoms with Crippen molar-refractivity contribution >= 4 is 10.0 Å². The molecule has 2 aliphatic rings. The molecule has 0 radical (unpaired) electrons. The molecular weight excluding hydrogens is 354 g/mol. The summed E-state index contributed by atoms with van der Waals surface area (Å²) in [5.74, 6) is 1.40. The number of nitrogens with one attached hydrogen (secondary N) is 1. The van der Waals surface area contributed by atoms with Gasteiger partial charge in [0, 0.05) is 11.5 Å². The van der Waals surface area contributed by atoms with Gasteiger partial charge < -0.3 is 0 Å². The third kappa shape index (κ3) is 3.83. The maximum atomic E-state index is 12.8. The molecule has 4 heteroatoms. The second-order valence-corrected chi connectivity index (χ2v) is 10.4. The Balaban J connectivity index is 1.44. The van der Waals surface area contributed by atoms with Crippen molar-refractivity contribution in [1.82, 2.24) is 4.72 Å². The molecule has 2 aromatic rings. The number of sulfonamides is 1. The summed E-state index contributed by atoms with van der Waals surface area (Å²) in [4.78, 5) is 0.373. The van der Waals surface area contributed by atoms with Crippen molar-refractivity contribution in [2.75, 3.05) is 0 Å². The standard InChI is InChI=1S/C23H29NO2S/c1-17-8-10-18(11-9-17)19-12-14-21(15-13-19)27(25,26)24-22-16-23(22,2)20-6-4-3-5-7-20/h3-7,12-15,17-18,22,24H,8-11,16H2,1-2H3/t17?,18?,22-,23+/m0/s1. The van der Waals surface area contributed by atoms with Crippen molar-refractivity contribution in [3.8, 4) is 0 Å². The maximum Gasteiger partial charge on any atom is 0.240 e. The van der Waals surface area contributed by atoms with Crippen LogP contribution in [0.3, 0.4) is 0 Å². The predicted octanol–water partition coefficient (Wildman–Crippen LogP) is 4.99.